The SMILES string of the molecule is CN=C(NCCCC(=O)Nc1ccc(Cl)cc1)NCC(C(C)C)N1CCOCC1.I. The summed E-state index contributed by atoms with van der Waals surface area (Å²) >= 11 is 5.85. The van der Waals surface area contributed by atoms with Gasteiger partial charge in [-0.15, -0.1) is 24.0 Å². The van der Waals surface area contributed by atoms with E-state index in [0.717, 1.165) is 50.9 Å². The highest BCUT2D eigenvalue weighted by atomic mass is 127. The first-order chi connectivity index (χ1) is 14.0. The van der Waals surface area contributed by atoms with Crippen LogP contribution in [0.3, 0.4) is 0 Å². The lowest BCUT2D eigenvalue weighted by molar-refractivity contribution is -0.116. The molecule has 1 fully saturated rings. The average molecular weight is 552 g/mol. The molecule has 0 radical (unpaired) electrons. The van der Waals surface area contributed by atoms with Crippen LogP contribution in [0.4, 0.5) is 5.69 Å². The van der Waals surface area contributed by atoms with Crippen molar-refractivity contribution in [2.45, 2.75) is 32.7 Å². The topological polar surface area (TPSA) is 78.0 Å². The van der Waals surface area contributed by atoms with E-state index in [1.807, 2.05) is 0 Å². The number of rotatable bonds is 9. The summed E-state index contributed by atoms with van der Waals surface area (Å²) < 4.78 is 5.47. The number of benzene rings is 1. The quantitative estimate of drug-likeness (QED) is 0.190. The molecule has 0 bridgehead atoms. The van der Waals surface area contributed by atoms with E-state index in [1.54, 1.807) is 31.3 Å². The normalized spacial score (nSPS) is 16.0. The molecular weight excluding hydrogens is 517 g/mol. The van der Waals surface area contributed by atoms with Crippen molar-refractivity contribution >= 4 is 53.1 Å². The van der Waals surface area contributed by atoms with Gasteiger partial charge in [0.15, 0.2) is 5.96 Å². The third-order valence-corrected chi connectivity index (χ3v) is 5.24. The van der Waals surface area contributed by atoms with E-state index < -0.39 is 0 Å². The third-order valence-electron chi connectivity index (χ3n) is 4.99. The van der Waals surface area contributed by atoms with Crippen molar-refractivity contribution in [2.75, 3.05) is 51.8 Å². The standard InChI is InChI=1S/C21H34ClN5O2.HI/c1-16(2)19(27-11-13-29-14-12-27)15-25-21(23-3)24-10-4-5-20(28)26-18-8-6-17(22)7-9-18;/h6-9,16,19H,4-5,10-15H2,1-3H3,(H,26,28)(H2,23,24,25);1H. The Morgan fingerprint density at radius 2 is 1.87 bits per heavy atom. The molecule has 170 valence electrons. The largest absolute Gasteiger partial charge is 0.379 e. The highest BCUT2D eigenvalue weighted by Crippen LogP contribution is 2.14. The zero-order valence-electron chi connectivity index (χ0n) is 18.1. The lowest BCUT2D eigenvalue weighted by Crippen LogP contribution is -2.52. The Morgan fingerprint density at radius 1 is 1.20 bits per heavy atom. The lowest BCUT2D eigenvalue weighted by atomic mass is 10.0. The minimum atomic E-state index is -0.00995. The first-order valence-corrected chi connectivity index (χ1v) is 10.7. The van der Waals surface area contributed by atoms with Crippen molar-refractivity contribution in [3.8, 4) is 0 Å². The molecule has 1 unspecified atom stereocenters. The number of nitrogens with zero attached hydrogens (tertiary/aromatic N) is 2. The molecule has 1 heterocycles. The van der Waals surface area contributed by atoms with Gasteiger partial charge in [0, 0.05) is 56.4 Å². The van der Waals surface area contributed by atoms with Crippen LogP contribution in [-0.4, -0.2) is 69.2 Å². The van der Waals surface area contributed by atoms with E-state index in [4.69, 9.17) is 16.3 Å². The maximum atomic E-state index is 12.0. The second kappa shape index (κ2) is 14.8. The van der Waals surface area contributed by atoms with Gasteiger partial charge in [-0.2, -0.15) is 0 Å². The molecule has 1 aliphatic rings. The number of morpholine rings is 1. The monoisotopic (exact) mass is 551 g/mol. The summed E-state index contributed by atoms with van der Waals surface area (Å²) in [4.78, 5) is 18.8. The average Bonchev–Trinajstić information content (AvgIpc) is 2.72. The van der Waals surface area contributed by atoms with E-state index in [1.165, 1.54) is 0 Å². The van der Waals surface area contributed by atoms with Crippen LogP contribution in [0.25, 0.3) is 0 Å². The highest BCUT2D eigenvalue weighted by molar-refractivity contribution is 14.0. The fourth-order valence-electron chi connectivity index (χ4n) is 3.33. The number of amides is 1. The van der Waals surface area contributed by atoms with Crippen LogP contribution in [0.5, 0.6) is 0 Å². The molecule has 0 aromatic heterocycles. The Balaban J connectivity index is 0.00000450. The van der Waals surface area contributed by atoms with Gasteiger partial charge in [-0.05, 0) is 36.6 Å². The van der Waals surface area contributed by atoms with Gasteiger partial charge in [0.05, 0.1) is 13.2 Å². The molecule has 7 nitrogen and oxygen atoms in total. The summed E-state index contributed by atoms with van der Waals surface area (Å²) in [5.74, 6) is 1.29. The molecule has 0 saturated carbocycles. The molecule has 1 amide bonds. The second-order valence-corrected chi connectivity index (χ2v) is 7.93. The number of aliphatic imine (C=N–C) groups is 1. The molecule has 1 aliphatic heterocycles. The van der Waals surface area contributed by atoms with Crippen LogP contribution in [0.1, 0.15) is 26.7 Å². The number of hydrogen-bond donors (Lipinski definition) is 3. The van der Waals surface area contributed by atoms with Gasteiger partial charge < -0.3 is 20.7 Å². The Morgan fingerprint density at radius 3 is 2.47 bits per heavy atom. The van der Waals surface area contributed by atoms with Crippen LogP contribution >= 0.6 is 35.6 Å². The van der Waals surface area contributed by atoms with Gasteiger partial charge in [0.25, 0.3) is 0 Å². The Labute approximate surface area is 202 Å². The van der Waals surface area contributed by atoms with Crippen molar-refractivity contribution in [3.63, 3.8) is 0 Å². The van der Waals surface area contributed by atoms with Gasteiger partial charge in [-0.3, -0.25) is 14.7 Å². The molecule has 9 heteroatoms. The Hall–Kier alpha value is -1.10. The van der Waals surface area contributed by atoms with Gasteiger partial charge in [0.1, 0.15) is 0 Å². The first-order valence-electron chi connectivity index (χ1n) is 10.3. The van der Waals surface area contributed by atoms with Crippen LogP contribution in [0.2, 0.25) is 5.02 Å². The Kier molecular flexibility index (Phi) is 13.3. The summed E-state index contributed by atoms with van der Waals surface area (Å²) in [5.41, 5.74) is 0.757. The van der Waals surface area contributed by atoms with E-state index in [0.29, 0.717) is 29.9 Å². The molecule has 1 aromatic carbocycles. The number of guanidine groups is 1. The van der Waals surface area contributed by atoms with Crippen molar-refractivity contribution < 1.29 is 9.53 Å². The number of nitrogens with one attached hydrogen (secondary N) is 3. The molecule has 30 heavy (non-hydrogen) atoms. The van der Waals surface area contributed by atoms with E-state index in [2.05, 4.69) is 39.7 Å². The molecule has 1 aromatic rings. The third kappa shape index (κ3) is 9.80. The van der Waals surface area contributed by atoms with E-state index >= 15 is 0 Å². The molecule has 0 aliphatic carbocycles. The van der Waals surface area contributed by atoms with E-state index in [9.17, 15) is 4.79 Å². The summed E-state index contributed by atoms with van der Waals surface area (Å²) in [6.07, 6.45) is 1.16. The summed E-state index contributed by atoms with van der Waals surface area (Å²) in [7, 11) is 1.77. The fraction of sp³-hybridized carbons (Fsp3) is 0.619. The van der Waals surface area contributed by atoms with Crippen LogP contribution in [-0.2, 0) is 9.53 Å². The molecule has 3 N–H and O–H groups in total. The number of carbonyl (C=O) groups is 1. The highest BCUT2D eigenvalue weighted by Gasteiger charge is 2.23. The summed E-state index contributed by atoms with van der Waals surface area (Å²) in [5, 5.41) is 10.2. The number of anilines is 1. The molecule has 1 atom stereocenters. The molecule has 2 rings (SSSR count). The zero-order valence-corrected chi connectivity index (χ0v) is 21.2. The smallest absolute Gasteiger partial charge is 0.224 e. The maximum absolute atomic E-state index is 12.0. The fourth-order valence-corrected chi connectivity index (χ4v) is 3.46. The number of ether oxygens (including phenoxy) is 1. The van der Waals surface area contributed by atoms with Crippen LogP contribution in [0, 0.1) is 5.92 Å². The molecule has 0 spiro atoms. The molecule has 1 saturated heterocycles. The maximum Gasteiger partial charge on any atom is 0.224 e. The van der Waals surface area contributed by atoms with Crippen molar-refractivity contribution in [1.82, 2.24) is 15.5 Å². The minimum Gasteiger partial charge on any atom is -0.379 e. The summed E-state index contributed by atoms with van der Waals surface area (Å²) in [6.45, 7) is 9.54. The van der Waals surface area contributed by atoms with Crippen LogP contribution in [0.15, 0.2) is 29.3 Å². The Bertz CT molecular complexity index is 651. The van der Waals surface area contributed by atoms with Gasteiger partial charge in [-0.1, -0.05) is 25.4 Å². The van der Waals surface area contributed by atoms with Gasteiger partial charge in [-0.25, -0.2) is 0 Å². The minimum absolute atomic E-state index is 0. The number of carbonyl (C=O) groups excluding carboxylic acids is 1. The zero-order chi connectivity index (χ0) is 21.1. The van der Waals surface area contributed by atoms with Gasteiger partial charge in [0.2, 0.25) is 5.91 Å². The second-order valence-electron chi connectivity index (χ2n) is 7.50. The van der Waals surface area contributed by atoms with Crippen molar-refractivity contribution in [3.05, 3.63) is 29.3 Å². The predicted octanol–water partition coefficient (Wildman–Crippen LogP) is 3.20. The lowest BCUT2D eigenvalue weighted by Gasteiger charge is -2.37. The van der Waals surface area contributed by atoms with Crippen molar-refractivity contribution in [2.24, 2.45) is 10.9 Å². The number of halogens is 2. The number of hydrogen-bond acceptors (Lipinski definition) is 4. The summed E-state index contributed by atoms with van der Waals surface area (Å²) in [6, 6.07) is 7.54. The van der Waals surface area contributed by atoms with Crippen molar-refractivity contribution in [1.29, 1.82) is 0 Å². The van der Waals surface area contributed by atoms with Crippen LogP contribution < -0.4 is 16.0 Å². The molecular formula is C21H35ClIN5O2. The van der Waals surface area contributed by atoms with E-state index in [-0.39, 0.29) is 29.9 Å². The predicted molar refractivity (Wildman–Crippen MR) is 135 cm³/mol. The first kappa shape index (κ1) is 26.9. The van der Waals surface area contributed by atoms with Gasteiger partial charge >= 0.3 is 0 Å².